The fourth-order valence-corrected chi connectivity index (χ4v) is 1.95. The van der Waals surface area contributed by atoms with Gasteiger partial charge in [0.25, 0.3) is 0 Å². The van der Waals surface area contributed by atoms with Crippen molar-refractivity contribution in [2.24, 2.45) is 5.73 Å². The molecule has 0 saturated carbocycles. The molecule has 0 unspecified atom stereocenters. The van der Waals surface area contributed by atoms with Gasteiger partial charge in [-0.25, -0.2) is 0 Å². The van der Waals surface area contributed by atoms with Crippen LogP contribution < -0.4 is 10.5 Å². The summed E-state index contributed by atoms with van der Waals surface area (Å²) >= 11 is 0. The zero-order valence-electron chi connectivity index (χ0n) is 12.3. The van der Waals surface area contributed by atoms with Crippen LogP contribution in [0, 0.1) is 6.92 Å². The summed E-state index contributed by atoms with van der Waals surface area (Å²) in [4.78, 5) is 8.83. The maximum Gasteiger partial charge on any atom is 0.148 e. The lowest BCUT2D eigenvalue weighted by molar-refractivity contribution is 0.469. The molecule has 0 saturated heterocycles. The van der Waals surface area contributed by atoms with Crippen LogP contribution >= 0.6 is 0 Å². The Labute approximate surface area is 120 Å². The van der Waals surface area contributed by atoms with Crippen molar-refractivity contribution in [3.63, 3.8) is 0 Å². The van der Waals surface area contributed by atoms with Gasteiger partial charge in [0.2, 0.25) is 0 Å². The normalized spacial score (nSPS) is 12.2. The van der Waals surface area contributed by atoms with Crippen molar-refractivity contribution in [1.82, 2.24) is 9.97 Å². The highest BCUT2D eigenvalue weighted by atomic mass is 16.5. The molecule has 2 aromatic heterocycles. The van der Waals surface area contributed by atoms with Crippen molar-refractivity contribution in [2.75, 3.05) is 0 Å². The Hall–Kier alpha value is -1.94. The first kappa shape index (κ1) is 14.5. The van der Waals surface area contributed by atoms with Gasteiger partial charge < -0.3 is 10.5 Å². The molecule has 2 N–H and O–H groups in total. The van der Waals surface area contributed by atoms with Crippen LogP contribution in [0.5, 0.6) is 11.5 Å². The van der Waals surface area contributed by atoms with Gasteiger partial charge in [-0.15, -0.1) is 0 Å². The minimum Gasteiger partial charge on any atom is -0.454 e. The van der Waals surface area contributed by atoms with Gasteiger partial charge in [-0.1, -0.05) is 13.8 Å². The van der Waals surface area contributed by atoms with E-state index < -0.39 is 0 Å². The van der Waals surface area contributed by atoms with Crippen LogP contribution in [0.4, 0.5) is 0 Å². The summed E-state index contributed by atoms with van der Waals surface area (Å²) < 4.78 is 5.86. The minimum atomic E-state index is -0.0173. The van der Waals surface area contributed by atoms with Crippen LogP contribution in [0.25, 0.3) is 0 Å². The zero-order valence-corrected chi connectivity index (χ0v) is 12.3. The van der Waals surface area contributed by atoms with Crippen molar-refractivity contribution < 1.29 is 4.74 Å². The molecule has 0 aliphatic rings. The summed E-state index contributed by atoms with van der Waals surface area (Å²) in [5.41, 5.74) is 8.79. The first-order chi connectivity index (χ1) is 9.63. The molecule has 4 nitrogen and oxygen atoms in total. The average molecular weight is 271 g/mol. The van der Waals surface area contributed by atoms with Gasteiger partial charge in [-0.2, -0.15) is 0 Å². The lowest BCUT2D eigenvalue weighted by Crippen LogP contribution is -2.10. The first-order valence-corrected chi connectivity index (χ1v) is 7.00. The van der Waals surface area contributed by atoms with Crippen LogP contribution in [0.1, 0.15) is 43.4 Å². The number of rotatable bonds is 5. The molecular formula is C16H21N3O. The second kappa shape index (κ2) is 6.48. The van der Waals surface area contributed by atoms with E-state index in [0.717, 1.165) is 35.7 Å². The first-order valence-electron chi connectivity index (χ1n) is 7.00. The number of pyridine rings is 2. The lowest BCUT2D eigenvalue weighted by atomic mass is 10.1. The van der Waals surface area contributed by atoms with Crippen LogP contribution in [-0.4, -0.2) is 9.97 Å². The standard InChI is InChI=1S/C16H21N3O/c1-4-13(17)15-8-7-12(10-18-15)20-16-9-6-11(3)19-14(16)5-2/h6-10,13H,4-5,17H2,1-3H3/t13-/m0/s1. The number of nitrogens with two attached hydrogens (primary N) is 1. The Morgan fingerprint density at radius 1 is 1.20 bits per heavy atom. The van der Waals surface area contributed by atoms with Gasteiger partial charge in [-0.3, -0.25) is 9.97 Å². The van der Waals surface area contributed by atoms with E-state index in [-0.39, 0.29) is 6.04 Å². The molecule has 0 bridgehead atoms. The maximum absolute atomic E-state index is 5.95. The molecule has 2 rings (SSSR count). The second-order valence-corrected chi connectivity index (χ2v) is 4.79. The molecule has 2 aromatic rings. The molecular weight excluding hydrogens is 250 g/mol. The van der Waals surface area contributed by atoms with Crippen LogP contribution in [-0.2, 0) is 6.42 Å². The summed E-state index contributed by atoms with van der Waals surface area (Å²) in [5.74, 6) is 1.49. The van der Waals surface area contributed by atoms with Crippen LogP contribution in [0.2, 0.25) is 0 Å². The Kier molecular flexibility index (Phi) is 4.69. The van der Waals surface area contributed by atoms with E-state index in [4.69, 9.17) is 10.5 Å². The number of hydrogen-bond acceptors (Lipinski definition) is 4. The summed E-state index contributed by atoms with van der Waals surface area (Å²) in [7, 11) is 0. The quantitative estimate of drug-likeness (QED) is 0.903. The third-order valence-electron chi connectivity index (χ3n) is 3.21. The van der Waals surface area contributed by atoms with Crippen LogP contribution in [0.3, 0.4) is 0 Å². The summed E-state index contributed by atoms with van der Waals surface area (Å²) in [6.07, 6.45) is 3.42. The summed E-state index contributed by atoms with van der Waals surface area (Å²) in [6, 6.07) is 7.70. The van der Waals surface area contributed by atoms with Gasteiger partial charge in [0.1, 0.15) is 11.5 Å². The molecule has 0 aromatic carbocycles. The monoisotopic (exact) mass is 271 g/mol. The molecule has 1 atom stereocenters. The van der Waals surface area contributed by atoms with E-state index in [1.165, 1.54) is 0 Å². The molecule has 4 heteroatoms. The molecule has 0 aliphatic carbocycles. The SMILES string of the molecule is CCc1nc(C)ccc1Oc1ccc([C@@H](N)CC)nc1. The van der Waals surface area contributed by atoms with Gasteiger partial charge in [0, 0.05) is 11.7 Å². The molecule has 0 spiro atoms. The van der Waals surface area contributed by atoms with Gasteiger partial charge in [0.05, 0.1) is 17.6 Å². The van der Waals surface area contributed by atoms with Crippen molar-refractivity contribution in [2.45, 2.75) is 39.7 Å². The van der Waals surface area contributed by atoms with Crippen LogP contribution in [0.15, 0.2) is 30.5 Å². The van der Waals surface area contributed by atoms with Crippen molar-refractivity contribution >= 4 is 0 Å². The number of ether oxygens (including phenoxy) is 1. The second-order valence-electron chi connectivity index (χ2n) is 4.79. The fraction of sp³-hybridized carbons (Fsp3) is 0.375. The van der Waals surface area contributed by atoms with E-state index >= 15 is 0 Å². The van der Waals surface area contributed by atoms with E-state index in [1.54, 1.807) is 6.20 Å². The maximum atomic E-state index is 5.95. The lowest BCUT2D eigenvalue weighted by Gasteiger charge is -2.11. The number of aryl methyl sites for hydroxylation is 2. The van der Waals surface area contributed by atoms with Crippen molar-refractivity contribution in [3.05, 3.63) is 47.5 Å². The predicted octanol–water partition coefficient (Wildman–Crippen LogP) is 3.55. The van der Waals surface area contributed by atoms with Crippen molar-refractivity contribution in [1.29, 1.82) is 0 Å². The third-order valence-corrected chi connectivity index (χ3v) is 3.21. The van der Waals surface area contributed by atoms with E-state index in [9.17, 15) is 0 Å². The topological polar surface area (TPSA) is 61.0 Å². The smallest absolute Gasteiger partial charge is 0.148 e. The van der Waals surface area contributed by atoms with Gasteiger partial charge >= 0.3 is 0 Å². The molecule has 0 amide bonds. The number of hydrogen-bond donors (Lipinski definition) is 1. The van der Waals surface area contributed by atoms with E-state index in [2.05, 4.69) is 16.9 Å². The molecule has 20 heavy (non-hydrogen) atoms. The van der Waals surface area contributed by atoms with Gasteiger partial charge in [0.15, 0.2) is 0 Å². The Morgan fingerprint density at radius 2 is 2.00 bits per heavy atom. The Morgan fingerprint density at radius 3 is 2.60 bits per heavy atom. The average Bonchev–Trinajstić information content (AvgIpc) is 2.49. The Balaban J connectivity index is 2.18. The highest BCUT2D eigenvalue weighted by Gasteiger charge is 2.08. The molecule has 106 valence electrons. The number of nitrogens with zero attached hydrogens (tertiary/aromatic N) is 2. The highest BCUT2D eigenvalue weighted by molar-refractivity contribution is 5.34. The molecule has 0 aliphatic heterocycles. The third kappa shape index (κ3) is 3.33. The van der Waals surface area contributed by atoms with E-state index in [1.807, 2.05) is 38.1 Å². The molecule has 0 fully saturated rings. The predicted molar refractivity (Wildman–Crippen MR) is 79.9 cm³/mol. The van der Waals surface area contributed by atoms with Gasteiger partial charge in [-0.05, 0) is 44.0 Å². The largest absolute Gasteiger partial charge is 0.454 e. The summed E-state index contributed by atoms with van der Waals surface area (Å²) in [5, 5.41) is 0. The zero-order chi connectivity index (χ0) is 14.5. The number of aromatic nitrogens is 2. The van der Waals surface area contributed by atoms with Crippen molar-refractivity contribution in [3.8, 4) is 11.5 Å². The molecule has 2 heterocycles. The van der Waals surface area contributed by atoms with E-state index in [0.29, 0.717) is 5.75 Å². The Bertz CT molecular complexity index is 566. The fourth-order valence-electron chi connectivity index (χ4n) is 1.95. The minimum absolute atomic E-state index is 0.0173. The summed E-state index contributed by atoms with van der Waals surface area (Å²) in [6.45, 7) is 6.09. The molecule has 0 radical (unpaired) electrons. The highest BCUT2D eigenvalue weighted by Crippen LogP contribution is 2.25.